The van der Waals surface area contributed by atoms with Crippen LogP contribution in [0.3, 0.4) is 0 Å². The first-order chi connectivity index (χ1) is 9.24. The van der Waals surface area contributed by atoms with E-state index in [4.69, 9.17) is 4.74 Å². The number of hydrogen-bond donors (Lipinski definition) is 0. The molecule has 1 heterocycles. The molecule has 1 amide bonds. The number of unbranched alkanes of at least 4 members (excludes halogenated alkanes) is 1. The van der Waals surface area contributed by atoms with Crippen LogP contribution < -0.4 is 4.74 Å². The third-order valence-electron chi connectivity index (χ3n) is 3.60. The molecule has 1 aliphatic heterocycles. The smallest absolute Gasteiger partial charge is 0.222 e. The van der Waals surface area contributed by atoms with Crippen LogP contribution >= 0.6 is 0 Å². The number of fused-ring (bicyclic) bond motifs is 1. The van der Waals surface area contributed by atoms with Crippen molar-refractivity contribution in [2.24, 2.45) is 0 Å². The van der Waals surface area contributed by atoms with Gasteiger partial charge in [-0.2, -0.15) is 0 Å². The molecular weight excluding hydrogens is 238 g/mol. The number of hydrogen-bond acceptors (Lipinski definition) is 2. The van der Waals surface area contributed by atoms with Crippen molar-refractivity contribution in [3.63, 3.8) is 0 Å². The SMILES string of the molecule is CCCCC(=O)N1CCc2ccc(OCC)cc2C1. The molecule has 0 spiro atoms. The Morgan fingerprint density at radius 3 is 2.89 bits per heavy atom. The van der Waals surface area contributed by atoms with Gasteiger partial charge in [0.15, 0.2) is 0 Å². The zero-order chi connectivity index (χ0) is 13.7. The second-order valence-electron chi connectivity index (χ2n) is 5.03. The lowest BCUT2D eigenvalue weighted by Crippen LogP contribution is -2.35. The number of benzene rings is 1. The molecular formula is C16H23NO2. The lowest BCUT2D eigenvalue weighted by molar-refractivity contribution is -0.132. The van der Waals surface area contributed by atoms with Crippen LogP contribution in [0.1, 0.15) is 44.2 Å². The average molecular weight is 261 g/mol. The highest BCUT2D eigenvalue weighted by molar-refractivity contribution is 5.76. The Hall–Kier alpha value is -1.51. The maximum Gasteiger partial charge on any atom is 0.222 e. The lowest BCUT2D eigenvalue weighted by Gasteiger charge is -2.29. The molecule has 0 aromatic heterocycles. The highest BCUT2D eigenvalue weighted by Gasteiger charge is 2.20. The van der Waals surface area contributed by atoms with Crippen LogP contribution in [-0.2, 0) is 17.8 Å². The summed E-state index contributed by atoms with van der Waals surface area (Å²) in [6, 6.07) is 6.24. The highest BCUT2D eigenvalue weighted by Crippen LogP contribution is 2.24. The number of carbonyl (C=O) groups excluding carboxylic acids is 1. The van der Waals surface area contributed by atoms with E-state index >= 15 is 0 Å². The number of carbonyl (C=O) groups is 1. The summed E-state index contributed by atoms with van der Waals surface area (Å²) >= 11 is 0. The first-order valence-electron chi connectivity index (χ1n) is 7.27. The summed E-state index contributed by atoms with van der Waals surface area (Å²) in [5, 5.41) is 0. The Kier molecular flexibility index (Phi) is 4.83. The lowest BCUT2D eigenvalue weighted by atomic mass is 9.99. The van der Waals surface area contributed by atoms with Gasteiger partial charge in [-0.1, -0.05) is 19.4 Å². The van der Waals surface area contributed by atoms with Crippen molar-refractivity contribution in [2.75, 3.05) is 13.2 Å². The van der Waals surface area contributed by atoms with E-state index in [-0.39, 0.29) is 5.91 Å². The number of ether oxygens (including phenoxy) is 1. The minimum atomic E-state index is 0.286. The van der Waals surface area contributed by atoms with E-state index in [2.05, 4.69) is 19.1 Å². The molecule has 0 N–H and O–H groups in total. The van der Waals surface area contributed by atoms with Gasteiger partial charge in [0.25, 0.3) is 0 Å². The van der Waals surface area contributed by atoms with Gasteiger partial charge in [-0.25, -0.2) is 0 Å². The Morgan fingerprint density at radius 2 is 2.16 bits per heavy atom. The fourth-order valence-electron chi connectivity index (χ4n) is 2.49. The predicted octanol–water partition coefficient (Wildman–Crippen LogP) is 3.16. The van der Waals surface area contributed by atoms with Gasteiger partial charge in [0.1, 0.15) is 5.75 Å². The van der Waals surface area contributed by atoms with Crippen LogP contribution in [0.15, 0.2) is 18.2 Å². The Balaban J connectivity index is 2.05. The summed E-state index contributed by atoms with van der Waals surface area (Å²) in [5.74, 6) is 1.19. The van der Waals surface area contributed by atoms with Crippen molar-refractivity contribution < 1.29 is 9.53 Å². The van der Waals surface area contributed by atoms with Crippen LogP contribution in [0.4, 0.5) is 0 Å². The minimum Gasteiger partial charge on any atom is -0.494 e. The molecule has 0 radical (unpaired) electrons. The number of nitrogens with zero attached hydrogens (tertiary/aromatic N) is 1. The van der Waals surface area contributed by atoms with Gasteiger partial charge in [0.05, 0.1) is 6.61 Å². The largest absolute Gasteiger partial charge is 0.494 e. The molecule has 0 saturated carbocycles. The Bertz CT molecular complexity index is 442. The molecule has 19 heavy (non-hydrogen) atoms. The summed E-state index contributed by atoms with van der Waals surface area (Å²) in [6.45, 7) is 6.37. The summed E-state index contributed by atoms with van der Waals surface area (Å²) in [7, 11) is 0. The quantitative estimate of drug-likeness (QED) is 0.815. The van der Waals surface area contributed by atoms with Crippen molar-refractivity contribution in [1.29, 1.82) is 0 Å². The van der Waals surface area contributed by atoms with Gasteiger partial charge >= 0.3 is 0 Å². The van der Waals surface area contributed by atoms with Crippen LogP contribution in [0.5, 0.6) is 5.75 Å². The van der Waals surface area contributed by atoms with E-state index in [9.17, 15) is 4.79 Å². The maximum absolute atomic E-state index is 12.1. The maximum atomic E-state index is 12.1. The van der Waals surface area contributed by atoms with Gasteiger partial charge in [-0.15, -0.1) is 0 Å². The zero-order valence-corrected chi connectivity index (χ0v) is 11.9. The Labute approximate surface area is 115 Å². The average Bonchev–Trinajstić information content (AvgIpc) is 2.44. The van der Waals surface area contributed by atoms with Gasteiger partial charge in [0.2, 0.25) is 5.91 Å². The summed E-state index contributed by atoms with van der Waals surface area (Å²) in [4.78, 5) is 14.1. The Morgan fingerprint density at radius 1 is 1.32 bits per heavy atom. The number of rotatable bonds is 5. The highest BCUT2D eigenvalue weighted by atomic mass is 16.5. The molecule has 104 valence electrons. The van der Waals surface area contributed by atoms with Gasteiger partial charge in [-0.05, 0) is 43.0 Å². The van der Waals surface area contributed by atoms with Crippen molar-refractivity contribution in [2.45, 2.75) is 46.1 Å². The molecule has 0 unspecified atom stereocenters. The van der Waals surface area contributed by atoms with Crippen LogP contribution in [0.25, 0.3) is 0 Å². The van der Waals surface area contributed by atoms with Gasteiger partial charge < -0.3 is 9.64 Å². The van der Waals surface area contributed by atoms with Gasteiger partial charge in [-0.3, -0.25) is 4.79 Å². The van der Waals surface area contributed by atoms with E-state index < -0.39 is 0 Å². The molecule has 0 bridgehead atoms. The predicted molar refractivity (Wildman–Crippen MR) is 76.3 cm³/mol. The zero-order valence-electron chi connectivity index (χ0n) is 11.9. The molecule has 2 rings (SSSR count). The molecule has 0 fully saturated rings. The summed E-state index contributed by atoms with van der Waals surface area (Å²) in [6.07, 6.45) is 3.70. The molecule has 3 nitrogen and oxygen atoms in total. The molecule has 0 atom stereocenters. The topological polar surface area (TPSA) is 29.5 Å². The van der Waals surface area contributed by atoms with Crippen molar-refractivity contribution >= 4 is 5.91 Å². The molecule has 3 heteroatoms. The van der Waals surface area contributed by atoms with Crippen LogP contribution in [-0.4, -0.2) is 24.0 Å². The molecule has 1 aromatic carbocycles. The minimum absolute atomic E-state index is 0.286. The monoisotopic (exact) mass is 261 g/mol. The normalized spacial score (nSPS) is 14.1. The standard InChI is InChI=1S/C16H23NO2/c1-3-5-6-16(18)17-10-9-13-7-8-15(19-4-2)11-14(13)12-17/h7-8,11H,3-6,9-10,12H2,1-2H3. The van der Waals surface area contributed by atoms with Crippen LogP contribution in [0, 0.1) is 0 Å². The fraction of sp³-hybridized carbons (Fsp3) is 0.562. The molecule has 1 aliphatic rings. The fourth-order valence-corrected chi connectivity index (χ4v) is 2.49. The molecule has 0 aliphatic carbocycles. The van der Waals surface area contributed by atoms with E-state index in [0.29, 0.717) is 13.0 Å². The van der Waals surface area contributed by atoms with Crippen molar-refractivity contribution in [3.8, 4) is 5.75 Å². The van der Waals surface area contributed by atoms with E-state index in [0.717, 1.165) is 38.1 Å². The van der Waals surface area contributed by atoms with Crippen LogP contribution in [0.2, 0.25) is 0 Å². The second kappa shape index (κ2) is 6.60. The van der Waals surface area contributed by atoms with E-state index in [1.54, 1.807) is 0 Å². The van der Waals surface area contributed by atoms with E-state index in [1.165, 1.54) is 11.1 Å². The molecule has 1 aromatic rings. The summed E-state index contributed by atoms with van der Waals surface area (Å²) < 4.78 is 5.53. The van der Waals surface area contributed by atoms with Gasteiger partial charge in [0, 0.05) is 19.5 Å². The summed E-state index contributed by atoms with van der Waals surface area (Å²) in [5.41, 5.74) is 2.59. The van der Waals surface area contributed by atoms with E-state index in [1.807, 2.05) is 17.9 Å². The number of amides is 1. The second-order valence-corrected chi connectivity index (χ2v) is 5.03. The molecule has 0 saturated heterocycles. The first kappa shape index (κ1) is 13.9. The third-order valence-corrected chi connectivity index (χ3v) is 3.60. The van der Waals surface area contributed by atoms with Crippen molar-refractivity contribution in [3.05, 3.63) is 29.3 Å². The first-order valence-corrected chi connectivity index (χ1v) is 7.27. The third kappa shape index (κ3) is 3.49. The van der Waals surface area contributed by atoms with Crippen molar-refractivity contribution in [1.82, 2.24) is 4.90 Å².